The highest BCUT2D eigenvalue weighted by Crippen LogP contribution is 2.29. The van der Waals surface area contributed by atoms with Gasteiger partial charge in [0.1, 0.15) is 17.3 Å². The second kappa shape index (κ2) is 8.84. The van der Waals surface area contributed by atoms with Crippen molar-refractivity contribution in [2.75, 3.05) is 13.1 Å². The van der Waals surface area contributed by atoms with Crippen molar-refractivity contribution in [3.63, 3.8) is 0 Å². The van der Waals surface area contributed by atoms with Gasteiger partial charge < -0.3 is 19.8 Å². The summed E-state index contributed by atoms with van der Waals surface area (Å²) in [7, 11) is 0. The van der Waals surface area contributed by atoms with Crippen LogP contribution in [0, 0.1) is 12.7 Å². The smallest absolute Gasteiger partial charge is 0.410 e. The van der Waals surface area contributed by atoms with E-state index in [0.717, 1.165) is 24.0 Å². The van der Waals surface area contributed by atoms with E-state index in [0.29, 0.717) is 35.9 Å². The maximum Gasteiger partial charge on any atom is 0.410 e. The lowest BCUT2D eigenvalue weighted by Crippen LogP contribution is -2.41. The van der Waals surface area contributed by atoms with Crippen molar-refractivity contribution >= 4 is 23.3 Å². The van der Waals surface area contributed by atoms with E-state index in [4.69, 9.17) is 10.5 Å². The number of aliphatic imine (C=N–C) groups is 1. The van der Waals surface area contributed by atoms with Crippen molar-refractivity contribution in [1.82, 2.24) is 14.3 Å². The number of piperidine rings is 1. The molecule has 1 saturated heterocycles. The number of fused-ring (bicyclic) bond motifs is 1. The van der Waals surface area contributed by atoms with Crippen LogP contribution in [0.5, 0.6) is 0 Å². The number of nitrogens with two attached hydrogens (primary N) is 1. The Kier molecular flexibility index (Phi) is 6.10. The molecule has 4 heterocycles. The zero-order chi connectivity index (χ0) is 23.8. The van der Waals surface area contributed by atoms with Gasteiger partial charge in [0.15, 0.2) is 5.82 Å². The van der Waals surface area contributed by atoms with E-state index in [2.05, 4.69) is 9.98 Å². The number of hydrogen-bond donors (Lipinski definition) is 1. The van der Waals surface area contributed by atoms with Crippen LogP contribution < -0.4 is 5.73 Å². The first-order valence-electron chi connectivity index (χ1n) is 11.2. The Morgan fingerprint density at radius 1 is 1.21 bits per heavy atom. The third-order valence-electron chi connectivity index (χ3n) is 5.71. The van der Waals surface area contributed by atoms with Gasteiger partial charge in [0.25, 0.3) is 0 Å². The SMILES string of the molecule is Cc1cc2c(F)cc(C(N)=Nc3ccc(C4CCN(C(=O)OC(C)(C)C)CC4)cn3)cn2c1. The molecule has 0 atom stereocenters. The molecule has 0 saturated carbocycles. The van der Waals surface area contributed by atoms with Crippen molar-refractivity contribution < 1.29 is 13.9 Å². The molecule has 3 aromatic heterocycles. The molecule has 1 aliphatic heterocycles. The number of pyridine rings is 2. The molecule has 174 valence electrons. The Bertz CT molecular complexity index is 1190. The number of amides is 1. The molecule has 2 N–H and O–H groups in total. The quantitative estimate of drug-likeness (QED) is 0.452. The summed E-state index contributed by atoms with van der Waals surface area (Å²) in [4.78, 5) is 22.8. The first kappa shape index (κ1) is 22.8. The number of hydrogen-bond acceptors (Lipinski definition) is 4. The zero-order valence-electron chi connectivity index (χ0n) is 19.5. The van der Waals surface area contributed by atoms with E-state index in [1.807, 2.05) is 46.0 Å². The molecule has 0 radical (unpaired) electrons. The Morgan fingerprint density at radius 3 is 2.58 bits per heavy atom. The van der Waals surface area contributed by atoms with Crippen LogP contribution in [-0.4, -0.2) is 44.9 Å². The predicted octanol–water partition coefficient (Wildman–Crippen LogP) is 4.93. The fourth-order valence-corrected chi connectivity index (χ4v) is 4.07. The Labute approximate surface area is 193 Å². The molecule has 8 heteroatoms. The topological polar surface area (TPSA) is 85.2 Å². The van der Waals surface area contributed by atoms with Crippen molar-refractivity contribution in [3.05, 3.63) is 65.4 Å². The third kappa shape index (κ3) is 5.32. The second-order valence-electron chi connectivity index (χ2n) is 9.58. The minimum Gasteiger partial charge on any atom is -0.444 e. The van der Waals surface area contributed by atoms with Gasteiger partial charge in [-0.2, -0.15) is 0 Å². The molecule has 0 spiro atoms. The fraction of sp³-hybridized carbons (Fsp3) is 0.400. The first-order valence-corrected chi connectivity index (χ1v) is 11.2. The summed E-state index contributed by atoms with van der Waals surface area (Å²) in [5.41, 5.74) is 8.72. The maximum absolute atomic E-state index is 14.4. The minimum absolute atomic E-state index is 0.202. The van der Waals surface area contributed by atoms with Gasteiger partial charge >= 0.3 is 6.09 Å². The number of nitrogens with zero attached hydrogens (tertiary/aromatic N) is 4. The van der Waals surface area contributed by atoms with Crippen molar-refractivity contribution in [2.24, 2.45) is 10.7 Å². The van der Waals surface area contributed by atoms with Gasteiger partial charge in [-0.15, -0.1) is 0 Å². The Morgan fingerprint density at radius 2 is 1.94 bits per heavy atom. The summed E-state index contributed by atoms with van der Waals surface area (Å²) >= 11 is 0. The van der Waals surface area contributed by atoms with Gasteiger partial charge in [-0.25, -0.2) is 19.2 Å². The van der Waals surface area contributed by atoms with E-state index >= 15 is 0 Å². The molecular formula is C25H30FN5O2. The number of halogens is 1. The van der Waals surface area contributed by atoms with Crippen molar-refractivity contribution in [1.29, 1.82) is 0 Å². The number of likely N-dealkylation sites (tertiary alicyclic amines) is 1. The van der Waals surface area contributed by atoms with E-state index in [1.54, 1.807) is 27.8 Å². The maximum atomic E-state index is 14.4. The first-order chi connectivity index (χ1) is 15.6. The molecule has 0 aliphatic carbocycles. The lowest BCUT2D eigenvalue weighted by molar-refractivity contribution is 0.0205. The number of amidine groups is 1. The van der Waals surface area contributed by atoms with Crippen LogP contribution in [0.1, 0.15) is 56.2 Å². The van der Waals surface area contributed by atoms with Gasteiger partial charge in [-0.3, -0.25) is 0 Å². The van der Waals surface area contributed by atoms with Crippen LogP contribution in [0.3, 0.4) is 0 Å². The number of carbonyl (C=O) groups excluding carboxylic acids is 1. The summed E-state index contributed by atoms with van der Waals surface area (Å²) in [6.45, 7) is 8.83. The van der Waals surface area contributed by atoms with Crippen LogP contribution in [-0.2, 0) is 4.74 Å². The van der Waals surface area contributed by atoms with Gasteiger partial charge in [-0.05, 0) is 75.8 Å². The molecule has 1 fully saturated rings. The molecule has 3 aromatic rings. The third-order valence-corrected chi connectivity index (χ3v) is 5.71. The number of ether oxygens (including phenoxy) is 1. The van der Waals surface area contributed by atoms with Crippen LogP contribution in [0.25, 0.3) is 5.52 Å². The van der Waals surface area contributed by atoms with E-state index < -0.39 is 5.60 Å². The monoisotopic (exact) mass is 451 g/mol. The molecule has 0 bridgehead atoms. The standard InChI is InChI=1S/C25H30FN5O2/c1-16-11-21-20(26)12-19(15-31(21)14-16)23(27)29-22-6-5-18(13-28-22)17-7-9-30(10-8-17)24(32)33-25(2,3)4/h5-6,11-15,17H,7-10H2,1-4H3,(H2,27,28,29). The number of carbonyl (C=O) groups is 1. The summed E-state index contributed by atoms with van der Waals surface area (Å²) in [6, 6.07) is 6.98. The van der Waals surface area contributed by atoms with E-state index in [9.17, 15) is 9.18 Å². The van der Waals surface area contributed by atoms with E-state index in [-0.39, 0.29) is 17.7 Å². The van der Waals surface area contributed by atoms with Gasteiger partial charge in [0, 0.05) is 37.2 Å². The lowest BCUT2D eigenvalue weighted by Gasteiger charge is -2.33. The second-order valence-corrected chi connectivity index (χ2v) is 9.58. The summed E-state index contributed by atoms with van der Waals surface area (Å²) < 4.78 is 21.6. The van der Waals surface area contributed by atoms with Crippen molar-refractivity contribution in [2.45, 2.75) is 52.1 Å². The normalized spacial score (nSPS) is 15.8. The van der Waals surface area contributed by atoms with Crippen LogP contribution >= 0.6 is 0 Å². The lowest BCUT2D eigenvalue weighted by atomic mass is 9.91. The molecular weight excluding hydrogens is 421 g/mol. The molecule has 1 aliphatic rings. The van der Waals surface area contributed by atoms with E-state index in [1.165, 1.54) is 6.07 Å². The van der Waals surface area contributed by atoms with Crippen LogP contribution in [0.2, 0.25) is 0 Å². The average Bonchev–Trinajstić information content (AvgIpc) is 3.14. The summed E-state index contributed by atoms with van der Waals surface area (Å²) in [6.07, 6.45) is 6.85. The molecule has 7 nitrogen and oxygen atoms in total. The van der Waals surface area contributed by atoms with Gasteiger partial charge in [0.05, 0.1) is 5.52 Å². The number of aryl methyl sites for hydroxylation is 1. The molecule has 0 aromatic carbocycles. The molecule has 1 amide bonds. The summed E-state index contributed by atoms with van der Waals surface area (Å²) in [5.74, 6) is 0.638. The summed E-state index contributed by atoms with van der Waals surface area (Å²) in [5, 5.41) is 0. The largest absolute Gasteiger partial charge is 0.444 e. The highest BCUT2D eigenvalue weighted by Gasteiger charge is 2.27. The van der Waals surface area contributed by atoms with Gasteiger partial charge in [-0.1, -0.05) is 6.07 Å². The zero-order valence-corrected chi connectivity index (χ0v) is 19.5. The average molecular weight is 452 g/mol. The van der Waals surface area contributed by atoms with Crippen molar-refractivity contribution in [3.8, 4) is 0 Å². The highest BCUT2D eigenvalue weighted by atomic mass is 19.1. The molecule has 4 rings (SSSR count). The fourth-order valence-electron chi connectivity index (χ4n) is 4.07. The Hall–Kier alpha value is -3.42. The van der Waals surface area contributed by atoms with Gasteiger partial charge in [0.2, 0.25) is 0 Å². The molecule has 0 unspecified atom stereocenters. The van der Waals surface area contributed by atoms with Crippen LogP contribution in [0.15, 0.2) is 47.8 Å². The molecule has 33 heavy (non-hydrogen) atoms. The Balaban J connectivity index is 1.41. The van der Waals surface area contributed by atoms with Crippen LogP contribution in [0.4, 0.5) is 15.0 Å². The number of aromatic nitrogens is 2. The highest BCUT2D eigenvalue weighted by molar-refractivity contribution is 5.99. The number of rotatable bonds is 3. The predicted molar refractivity (Wildman–Crippen MR) is 126 cm³/mol. The minimum atomic E-state index is -0.492.